The van der Waals surface area contributed by atoms with Crippen LogP contribution >= 0.6 is 34.8 Å². The zero-order chi connectivity index (χ0) is 22.3. The van der Waals surface area contributed by atoms with Crippen LogP contribution in [0.1, 0.15) is 30.0 Å². The molecule has 1 atom stereocenters. The van der Waals surface area contributed by atoms with Crippen LogP contribution in [0.4, 0.5) is 17.6 Å². The summed E-state index contributed by atoms with van der Waals surface area (Å²) in [6.45, 7) is 1.13. The summed E-state index contributed by atoms with van der Waals surface area (Å²) in [5.74, 6) is -1.00. The van der Waals surface area contributed by atoms with Crippen LogP contribution in [0, 0.1) is 5.82 Å². The van der Waals surface area contributed by atoms with Crippen LogP contribution in [0.3, 0.4) is 0 Å². The van der Waals surface area contributed by atoms with Crippen LogP contribution < -0.4 is 5.32 Å². The van der Waals surface area contributed by atoms with Crippen molar-refractivity contribution in [3.8, 4) is 0 Å². The van der Waals surface area contributed by atoms with Crippen molar-refractivity contribution in [3.05, 3.63) is 67.9 Å². The Kier molecular flexibility index (Phi) is 6.23. The van der Waals surface area contributed by atoms with E-state index in [9.17, 15) is 22.4 Å². The average Bonchev–Trinajstić information content (AvgIpc) is 3.11. The van der Waals surface area contributed by atoms with E-state index in [2.05, 4.69) is 10.5 Å². The second-order valence-electron chi connectivity index (χ2n) is 6.60. The van der Waals surface area contributed by atoms with Crippen molar-refractivity contribution in [3.63, 3.8) is 0 Å². The number of nitrogens with one attached hydrogen (secondary N) is 1. The van der Waals surface area contributed by atoms with Gasteiger partial charge in [-0.1, -0.05) is 46.0 Å². The number of benzene rings is 2. The molecule has 1 N–H and O–H groups in total. The van der Waals surface area contributed by atoms with E-state index in [1.807, 2.05) is 0 Å². The van der Waals surface area contributed by atoms with Gasteiger partial charge in [-0.15, -0.1) is 0 Å². The van der Waals surface area contributed by atoms with Crippen molar-refractivity contribution in [2.45, 2.75) is 31.7 Å². The second-order valence-corrected chi connectivity index (χ2v) is 7.79. The number of halogens is 7. The number of hydrogen-bond acceptors (Lipinski definition) is 3. The van der Waals surface area contributed by atoms with Gasteiger partial charge in [0, 0.05) is 36.6 Å². The summed E-state index contributed by atoms with van der Waals surface area (Å²) < 4.78 is 56.2. The first-order valence-corrected chi connectivity index (χ1v) is 9.58. The van der Waals surface area contributed by atoms with Gasteiger partial charge in [0.15, 0.2) is 0 Å². The molecule has 4 nitrogen and oxygen atoms in total. The highest BCUT2D eigenvalue weighted by Gasteiger charge is 2.62. The number of alkyl halides is 3. The lowest BCUT2D eigenvalue weighted by molar-refractivity contribution is -0.275. The summed E-state index contributed by atoms with van der Waals surface area (Å²) in [6, 6.07) is 5.71. The number of carbonyl (C=O) groups excluding carboxylic acids is 1. The summed E-state index contributed by atoms with van der Waals surface area (Å²) in [5.41, 5.74) is -2.96. The standard InChI is InChI=1S/C19H13Cl3F4N2O2/c1-9(29)27-8-11-4-10(2-3-15(11)23)16-7-18(30-28-16,19(24,25)26)12-5-13(20)17(22)14(21)6-12/h2-6H,7-8H2,1H3,(H,27,29). The maximum atomic E-state index is 14.1. The fourth-order valence-corrected chi connectivity index (χ4v) is 3.55. The Bertz CT molecular complexity index is 1020. The van der Waals surface area contributed by atoms with E-state index in [-0.39, 0.29) is 49.9 Å². The van der Waals surface area contributed by atoms with Crippen LogP contribution in [-0.2, 0) is 21.8 Å². The van der Waals surface area contributed by atoms with Gasteiger partial charge in [-0.3, -0.25) is 4.79 Å². The zero-order valence-corrected chi connectivity index (χ0v) is 17.5. The lowest BCUT2D eigenvalue weighted by atomic mass is 9.86. The summed E-state index contributed by atoms with van der Waals surface area (Å²) in [7, 11) is 0. The molecule has 0 fully saturated rings. The normalized spacial score (nSPS) is 18.7. The van der Waals surface area contributed by atoms with E-state index < -0.39 is 24.0 Å². The molecule has 11 heteroatoms. The van der Waals surface area contributed by atoms with Crippen molar-refractivity contribution < 1.29 is 27.2 Å². The Morgan fingerprint density at radius 2 is 1.83 bits per heavy atom. The third-order valence-corrected chi connectivity index (χ3v) is 5.74. The molecule has 0 aliphatic carbocycles. The number of amides is 1. The molecule has 1 aliphatic rings. The molecule has 0 aromatic heterocycles. The van der Waals surface area contributed by atoms with E-state index in [0.29, 0.717) is 0 Å². The molecule has 0 radical (unpaired) electrons. The molecule has 160 valence electrons. The van der Waals surface area contributed by atoms with Gasteiger partial charge in [0.1, 0.15) is 5.82 Å². The van der Waals surface area contributed by atoms with Gasteiger partial charge in [0.25, 0.3) is 5.60 Å². The Labute approximate surface area is 183 Å². The van der Waals surface area contributed by atoms with Gasteiger partial charge in [-0.25, -0.2) is 4.39 Å². The number of carbonyl (C=O) groups is 1. The smallest absolute Gasteiger partial charge is 0.374 e. The summed E-state index contributed by atoms with van der Waals surface area (Å²) >= 11 is 17.7. The van der Waals surface area contributed by atoms with E-state index in [1.54, 1.807) is 0 Å². The van der Waals surface area contributed by atoms with E-state index in [4.69, 9.17) is 39.6 Å². The number of hydrogen-bond donors (Lipinski definition) is 1. The first-order valence-electron chi connectivity index (χ1n) is 8.44. The van der Waals surface area contributed by atoms with Crippen molar-refractivity contribution >= 4 is 46.4 Å². The van der Waals surface area contributed by atoms with Gasteiger partial charge in [-0.2, -0.15) is 13.2 Å². The third-order valence-electron chi connectivity index (χ3n) is 4.54. The minimum Gasteiger partial charge on any atom is -0.374 e. The van der Waals surface area contributed by atoms with Crippen LogP contribution in [0.25, 0.3) is 0 Å². The molecule has 0 saturated carbocycles. The Balaban J connectivity index is 1.99. The minimum absolute atomic E-state index is 0.0569. The molecule has 0 bridgehead atoms. The highest BCUT2D eigenvalue weighted by atomic mass is 35.5. The van der Waals surface area contributed by atoms with Gasteiger partial charge >= 0.3 is 6.18 Å². The average molecular weight is 484 g/mol. The molecule has 0 saturated heterocycles. The van der Waals surface area contributed by atoms with Crippen LogP contribution in [0.5, 0.6) is 0 Å². The summed E-state index contributed by atoms with van der Waals surface area (Å²) in [4.78, 5) is 16.0. The SMILES string of the molecule is CC(=O)NCc1cc(C2=NOC(c3cc(Cl)c(Cl)c(Cl)c3)(C(F)(F)F)C2)ccc1F. The molecule has 2 aromatic rings. The number of nitrogens with zero attached hydrogens (tertiary/aromatic N) is 1. The lowest BCUT2D eigenvalue weighted by Crippen LogP contribution is -2.42. The summed E-state index contributed by atoms with van der Waals surface area (Å²) in [5, 5.41) is 5.63. The molecule has 1 amide bonds. The third kappa shape index (κ3) is 4.22. The van der Waals surface area contributed by atoms with Gasteiger partial charge in [0.05, 0.1) is 20.8 Å². The highest BCUT2D eigenvalue weighted by Crippen LogP contribution is 2.50. The zero-order valence-electron chi connectivity index (χ0n) is 15.2. The molecule has 1 unspecified atom stereocenters. The molecule has 30 heavy (non-hydrogen) atoms. The first-order chi connectivity index (χ1) is 13.9. The van der Waals surface area contributed by atoms with Gasteiger partial charge in [-0.05, 0) is 24.3 Å². The van der Waals surface area contributed by atoms with E-state index >= 15 is 0 Å². The molecule has 1 aliphatic heterocycles. The maximum Gasteiger partial charge on any atom is 0.435 e. The van der Waals surface area contributed by atoms with Crippen LogP contribution in [0.15, 0.2) is 35.5 Å². The second kappa shape index (κ2) is 8.24. The Morgan fingerprint density at radius 1 is 1.20 bits per heavy atom. The predicted molar refractivity (Wildman–Crippen MR) is 105 cm³/mol. The predicted octanol–water partition coefficient (Wildman–Crippen LogP) is 6.00. The van der Waals surface area contributed by atoms with Crippen LogP contribution in [-0.4, -0.2) is 17.8 Å². The fourth-order valence-electron chi connectivity index (χ4n) is 2.96. The number of rotatable bonds is 4. The molecule has 0 spiro atoms. The fraction of sp³-hybridized carbons (Fsp3) is 0.263. The van der Waals surface area contributed by atoms with Crippen molar-refractivity contribution in [2.24, 2.45) is 5.16 Å². The molecule has 1 heterocycles. The lowest BCUT2D eigenvalue weighted by Gasteiger charge is -2.30. The topological polar surface area (TPSA) is 50.7 Å². The Morgan fingerprint density at radius 3 is 2.40 bits per heavy atom. The molecular formula is C19H13Cl3F4N2O2. The molecule has 3 rings (SSSR count). The summed E-state index contributed by atoms with van der Waals surface area (Å²) in [6.07, 6.45) is -5.58. The highest BCUT2D eigenvalue weighted by molar-refractivity contribution is 6.48. The van der Waals surface area contributed by atoms with E-state index in [0.717, 1.165) is 18.2 Å². The van der Waals surface area contributed by atoms with Gasteiger partial charge < -0.3 is 10.2 Å². The molecular weight excluding hydrogens is 471 g/mol. The van der Waals surface area contributed by atoms with E-state index in [1.165, 1.54) is 19.1 Å². The van der Waals surface area contributed by atoms with Crippen molar-refractivity contribution in [2.75, 3.05) is 0 Å². The monoisotopic (exact) mass is 482 g/mol. The Hall–Kier alpha value is -2.03. The van der Waals surface area contributed by atoms with Gasteiger partial charge in [0.2, 0.25) is 5.91 Å². The quantitative estimate of drug-likeness (QED) is 0.428. The minimum atomic E-state index is -4.88. The van der Waals surface area contributed by atoms with Crippen LogP contribution in [0.2, 0.25) is 15.1 Å². The first kappa shape index (κ1) is 22.7. The largest absolute Gasteiger partial charge is 0.435 e. The van der Waals surface area contributed by atoms with Crippen molar-refractivity contribution in [1.82, 2.24) is 5.32 Å². The number of oxime groups is 1. The maximum absolute atomic E-state index is 14.1. The molecule has 2 aromatic carbocycles. The van der Waals surface area contributed by atoms with Crippen molar-refractivity contribution in [1.29, 1.82) is 0 Å².